The molecule has 0 aliphatic rings. The highest BCUT2D eigenvalue weighted by Crippen LogP contribution is 2.26. The number of anilines is 2. The fourth-order valence-electron chi connectivity index (χ4n) is 2.28. The Hall–Kier alpha value is -2.36. The van der Waals surface area contributed by atoms with Gasteiger partial charge in [0.15, 0.2) is 0 Å². The van der Waals surface area contributed by atoms with Crippen LogP contribution in [0.15, 0.2) is 42.6 Å². The molecule has 0 unspecified atom stereocenters. The number of carbonyl (C=O) groups excluding carboxylic acids is 1. The smallest absolute Gasteiger partial charge is 0.270 e. The van der Waals surface area contributed by atoms with E-state index in [1.807, 2.05) is 39.0 Å². The highest BCUT2D eigenvalue weighted by molar-refractivity contribution is 5.93. The lowest BCUT2D eigenvalue weighted by atomic mass is 10.0. The van der Waals surface area contributed by atoms with Crippen molar-refractivity contribution in [1.29, 1.82) is 0 Å². The molecule has 0 aliphatic heterocycles. The first kappa shape index (κ1) is 17.0. The van der Waals surface area contributed by atoms with Crippen molar-refractivity contribution in [3.8, 4) is 0 Å². The number of benzene rings is 1. The Labute approximate surface area is 138 Å². The molecule has 0 atom stereocenters. The fourth-order valence-corrected chi connectivity index (χ4v) is 2.28. The van der Waals surface area contributed by atoms with Crippen molar-refractivity contribution >= 4 is 17.3 Å². The van der Waals surface area contributed by atoms with Crippen molar-refractivity contribution in [3.05, 3.63) is 53.9 Å². The lowest BCUT2D eigenvalue weighted by molar-refractivity contribution is 0.0914. The molecule has 0 fully saturated rings. The van der Waals surface area contributed by atoms with Crippen LogP contribution in [0.4, 0.5) is 11.4 Å². The summed E-state index contributed by atoms with van der Waals surface area (Å²) in [6.45, 7) is 10.2. The Morgan fingerprint density at radius 3 is 2.35 bits per heavy atom. The molecule has 0 bridgehead atoms. The standard InChI is InChI=1S/C19H25N3O/c1-13(2)15-8-6-7-9-16(15)21-14-10-11-17(20-12-14)18(23)22-19(3,4)5/h6-13,21H,1-5H3,(H,22,23). The average Bonchev–Trinajstić information content (AvgIpc) is 2.46. The number of nitrogens with one attached hydrogen (secondary N) is 2. The molecule has 1 amide bonds. The number of rotatable bonds is 4. The summed E-state index contributed by atoms with van der Waals surface area (Å²) < 4.78 is 0. The molecule has 0 saturated carbocycles. The zero-order valence-electron chi connectivity index (χ0n) is 14.5. The van der Waals surface area contributed by atoms with Crippen LogP contribution in [0.3, 0.4) is 0 Å². The van der Waals surface area contributed by atoms with E-state index in [2.05, 4.69) is 41.6 Å². The van der Waals surface area contributed by atoms with Gasteiger partial charge in [-0.1, -0.05) is 32.0 Å². The molecular weight excluding hydrogens is 286 g/mol. The summed E-state index contributed by atoms with van der Waals surface area (Å²) in [4.78, 5) is 16.3. The lowest BCUT2D eigenvalue weighted by Crippen LogP contribution is -2.40. The zero-order chi connectivity index (χ0) is 17.0. The van der Waals surface area contributed by atoms with Gasteiger partial charge in [-0.15, -0.1) is 0 Å². The topological polar surface area (TPSA) is 54.0 Å². The van der Waals surface area contributed by atoms with E-state index in [1.54, 1.807) is 12.3 Å². The van der Waals surface area contributed by atoms with Crippen molar-refractivity contribution in [2.24, 2.45) is 0 Å². The van der Waals surface area contributed by atoms with E-state index >= 15 is 0 Å². The molecule has 2 N–H and O–H groups in total. The van der Waals surface area contributed by atoms with Gasteiger partial charge in [0.2, 0.25) is 0 Å². The predicted octanol–water partition coefficient (Wildman–Crippen LogP) is 4.48. The molecule has 1 heterocycles. The first-order chi connectivity index (χ1) is 10.8. The number of amides is 1. The van der Waals surface area contributed by atoms with Crippen LogP contribution >= 0.6 is 0 Å². The highest BCUT2D eigenvalue weighted by Gasteiger charge is 2.16. The summed E-state index contributed by atoms with van der Waals surface area (Å²) in [6.07, 6.45) is 1.69. The second-order valence-electron chi connectivity index (χ2n) is 7.00. The van der Waals surface area contributed by atoms with Gasteiger partial charge in [0.25, 0.3) is 5.91 Å². The van der Waals surface area contributed by atoms with Crippen molar-refractivity contribution in [3.63, 3.8) is 0 Å². The second kappa shape index (κ2) is 6.82. The Kier molecular flexibility index (Phi) is 5.04. The van der Waals surface area contributed by atoms with E-state index in [-0.39, 0.29) is 11.4 Å². The molecule has 2 rings (SSSR count). The molecule has 0 spiro atoms. The molecule has 1 aromatic carbocycles. The molecule has 2 aromatic rings. The summed E-state index contributed by atoms with van der Waals surface area (Å²) in [6, 6.07) is 11.8. The maximum Gasteiger partial charge on any atom is 0.270 e. The molecular formula is C19H25N3O. The summed E-state index contributed by atoms with van der Waals surface area (Å²) in [7, 11) is 0. The molecule has 4 heteroatoms. The van der Waals surface area contributed by atoms with Crippen molar-refractivity contribution < 1.29 is 4.79 Å². The van der Waals surface area contributed by atoms with E-state index in [1.165, 1.54) is 5.56 Å². The Morgan fingerprint density at radius 2 is 1.78 bits per heavy atom. The maximum absolute atomic E-state index is 12.1. The molecule has 122 valence electrons. The van der Waals surface area contributed by atoms with Crippen molar-refractivity contribution in [1.82, 2.24) is 10.3 Å². The third-order valence-corrected chi connectivity index (χ3v) is 3.35. The summed E-state index contributed by atoms with van der Waals surface area (Å²) in [5, 5.41) is 6.28. The fraction of sp³-hybridized carbons (Fsp3) is 0.368. The third kappa shape index (κ3) is 4.81. The van der Waals surface area contributed by atoms with Crippen LogP contribution in [0.5, 0.6) is 0 Å². The summed E-state index contributed by atoms with van der Waals surface area (Å²) >= 11 is 0. The van der Waals surface area contributed by atoms with Crippen molar-refractivity contribution in [2.45, 2.75) is 46.1 Å². The third-order valence-electron chi connectivity index (χ3n) is 3.35. The van der Waals surface area contributed by atoms with Crippen LogP contribution in [0.1, 0.15) is 56.6 Å². The Morgan fingerprint density at radius 1 is 1.09 bits per heavy atom. The van der Waals surface area contributed by atoms with Gasteiger partial charge in [-0.05, 0) is 50.5 Å². The number of pyridine rings is 1. The maximum atomic E-state index is 12.1. The van der Waals surface area contributed by atoms with Crippen LogP contribution in [-0.4, -0.2) is 16.4 Å². The van der Waals surface area contributed by atoms with Gasteiger partial charge in [0.1, 0.15) is 5.69 Å². The van der Waals surface area contributed by atoms with Gasteiger partial charge in [-0.25, -0.2) is 4.98 Å². The monoisotopic (exact) mass is 311 g/mol. The summed E-state index contributed by atoms with van der Waals surface area (Å²) in [5.74, 6) is 0.273. The minimum atomic E-state index is -0.272. The first-order valence-corrected chi connectivity index (χ1v) is 7.91. The van der Waals surface area contributed by atoms with Gasteiger partial charge in [0, 0.05) is 11.2 Å². The normalized spacial score (nSPS) is 11.4. The SMILES string of the molecule is CC(C)c1ccccc1Nc1ccc(C(=O)NC(C)(C)C)nc1. The number of nitrogens with zero attached hydrogens (tertiary/aromatic N) is 1. The molecule has 23 heavy (non-hydrogen) atoms. The van der Waals surface area contributed by atoms with E-state index in [0.29, 0.717) is 11.6 Å². The zero-order valence-corrected chi connectivity index (χ0v) is 14.5. The van der Waals surface area contributed by atoms with Gasteiger partial charge in [-0.3, -0.25) is 4.79 Å². The molecule has 4 nitrogen and oxygen atoms in total. The van der Waals surface area contributed by atoms with Gasteiger partial charge in [-0.2, -0.15) is 0 Å². The van der Waals surface area contributed by atoms with Crippen LogP contribution < -0.4 is 10.6 Å². The van der Waals surface area contributed by atoms with E-state index in [0.717, 1.165) is 11.4 Å². The van der Waals surface area contributed by atoms with Crippen LogP contribution in [0, 0.1) is 0 Å². The highest BCUT2D eigenvalue weighted by atomic mass is 16.2. The van der Waals surface area contributed by atoms with Gasteiger partial charge >= 0.3 is 0 Å². The van der Waals surface area contributed by atoms with E-state index in [4.69, 9.17) is 0 Å². The summed E-state index contributed by atoms with van der Waals surface area (Å²) in [5.41, 5.74) is 3.33. The Balaban J connectivity index is 2.13. The van der Waals surface area contributed by atoms with Crippen LogP contribution in [0.25, 0.3) is 0 Å². The van der Waals surface area contributed by atoms with Crippen LogP contribution in [-0.2, 0) is 0 Å². The number of hydrogen-bond acceptors (Lipinski definition) is 3. The number of carbonyl (C=O) groups is 1. The van der Waals surface area contributed by atoms with Gasteiger partial charge < -0.3 is 10.6 Å². The predicted molar refractivity (Wildman–Crippen MR) is 95.3 cm³/mol. The molecule has 1 aromatic heterocycles. The molecule has 0 aliphatic carbocycles. The average molecular weight is 311 g/mol. The minimum absolute atomic E-state index is 0.161. The number of hydrogen-bond donors (Lipinski definition) is 2. The van der Waals surface area contributed by atoms with Gasteiger partial charge in [0.05, 0.1) is 11.9 Å². The number of aromatic nitrogens is 1. The van der Waals surface area contributed by atoms with E-state index < -0.39 is 0 Å². The quantitative estimate of drug-likeness (QED) is 0.875. The van der Waals surface area contributed by atoms with Crippen LogP contribution in [0.2, 0.25) is 0 Å². The van der Waals surface area contributed by atoms with Crippen molar-refractivity contribution in [2.75, 3.05) is 5.32 Å². The van der Waals surface area contributed by atoms with E-state index in [9.17, 15) is 4.79 Å². The lowest BCUT2D eigenvalue weighted by Gasteiger charge is -2.20. The molecule has 0 radical (unpaired) electrons. The second-order valence-corrected chi connectivity index (χ2v) is 7.00. The molecule has 0 saturated heterocycles. The minimum Gasteiger partial charge on any atom is -0.354 e. The largest absolute Gasteiger partial charge is 0.354 e. The first-order valence-electron chi connectivity index (χ1n) is 7.91. The number of para-hydroxylation sites is 1. The Bertz CT molecular complexity index is 670.